The van der Waals surface area contributed by atoms with Gasteiger partial charge in [0.15, 0.2) is 0 Å². The number of halogens is 2. The molecule has 39 heavy (non-hydrogen) atoms. The molecule has 0 atom stereocenters. The molecule has 0 spiro atoms. The zero-order valence-electron chi connectivity index (χ0n) is 23.1. The zero-order valence-corrected chi connectivity index (χ0v) is 25.5. The highest BCUT2D eigenvalue weighted by Crippen LogP contribution is 2.32. The molecule has 0 radical (unpaired) electrons. The van der Waals surface area contributed by atoms with Gasteiger partial charge in [0.1, 0.15) is 0 Å². The molecule has 2 N–H and O–H groups in total. The van der Waals surface area contributed by atoms with Gasteiger partial charge in [-0.25, -0.2) is 9.00 Å². The molecule has 210 valence electrons. The highest BCUT2D eigenvalue weighted by molar-refractivity contribution is 7.92. The van der Waals surface area contributed by atoms with Crippen LogP contribution in [0.2, 0.25) is 10.0 Å². The number of hydrogen-bond acceptors (Lipinski definition) is 5. The summed E-state index contributed by atoms with van der Waals surface area (Å²) in [6.07, 6.45) is 6.52. The summed E-state index contributed by atoms with van der Waals surface area (Å²) in [5, 5.41) is 6.49. The van der Waals surface area contributed by atoms with Crippen LogP contribution in [0.5, 0.6) is 0 Å². The van der Waals surface area contributed by atoms with E-state index in [1.807, 2.05) is 19.9 Å². The number of urea groups is 1. The monoisotopic (exact) mass is 592 g/mol. The van der Waals surface area contributed by atoms with Crippen molar-refractivity contribution < 1.29 is 13.8 Å². The first-order valence-corrected chi connectivity index (χ1v) is 15.0. The minimum atomic E-state index is -2.41. The highest BCUT2D eigenvalue weighted by Gasteiger charge is 2.21. The van der Waals surface area contributed by atoms with E-state index in [2.05, 4.69) is 25.0 Å². The van der Waals surface area contributed by atoms with Crippen molar-refractivity contribution in [2.75, 3.05) is 31.4 Å². The second-order valence-corrected chi connectivity index (χ2v) is 12.5. The lowest BCUT2D eigenvalue weighted by Crippen LogP contribution is -2.41. The number of nitrogens with zero attached hydrogens (tertiary/aromatic N) is 4. The summed E-state index contributed by atoms with van der Waals surface area (Å²) in [6.45, 7) is 7.24. The third-order valence-electron chi connectivity index (χ3n) is 5.34. The van der Waals surface area contributed by atoms with Gasteiger partial charge in [-0.15, -0.1) is 0 Å². The first-order chi connectivity index (χ1) is 18.2. The lowest BCUT2D eigenvalue weighted by molar-refractivity contribution is -0.125. The minimum Gasteiger partial charge on any atom is -0.333 e. The number of benzene rings is 2. The van der Waals surface area contributed by atoms with Crippen molar-refractivity contribution in [2.24, 2.45) is 14.3 Å². The third kappa shape index (κ3) is 10.5. The van der Waals surface area contributed by atoms with Crippen molar-refractivity contribution in [3.63, 3.8) is 0 Å². The smallest absolute Gasteiger partial charge is 0.333 e. The average Bonchev–Trinajstić information content (AvgIpc) is 2.81. The van der Waals surface area contributed by atoms with Crippen LogP contribution in [0.25, 0.3) is 0 Å². The zero-order chi connectivity index (χ0) is 29.3. The van der Waals surface area contributed by atoms with Gasteiger partial charge in [-0.3, -0.25) is 14.7 Å². The standard InChI is InChI=1S/C27H34Cl2N6O3S/c1-17(15-30-5)10-11-31-27(37)33-26(35(20(4)36)16-21-13-22(28)9-8-18(21)2)32-25-12-19(3)24(14-23(25)29)34-39(6,7)38/h8-10,12-15H,11,16H2,1-7H3,(H2,31,32,33,37)/b17-10-,30-15-. The summed E-state index contributed by atoms with van der Waals surface area (Å²) in [6, 6.07) is 7.97. The van der Waals surface area contributed by atoms with Crippen LogP contribution >= 0.6 is 23.2 Å². The van der Waals surface area contributed by atoms with Crippen LogP contribution < -0.4 is 10.6 Å². The molecule has 12 heteroatoms. The molecule has 0 saturated heterocycles. The number of hydrogen-bond donors (Lipinski definition) is 2. The summed E-state index contributed by atoms with van der Waals surface area (Å²) >= 11 is 12.7. The molecule has 0 unspecified atom stereocenters. The van der Waals surface area contributed by atoms with E-state index >= 15 is 0 Å². The summed E-state index contributed by atoms with van der Waals surface area (Å²) in [5.41, 5.74) is 4.13. The van der Waals surface area contributed by atoms with Gasteiger partial charge in [-0.2, -0.15) is 9.36 Å². The molecular weight excluding hydrogens is 559 g/mol. The average molecular weight is 594 g/mol. The van der Waals surface area contributed by atoms with E-state index in [1.165, 1.54) is 24.3 Å². The van der Waals surface area contributed by atoms with Gasteiger partial charge in [0.05, 0.1) is 22.9 Å². The molecule has 0 bridgehead atoms. The van der Waals surface area contributed by atoms with E-state index in [-0.39, 0.29) is 30.0 Å². The number of aliphatic imine (C=N–C) groups is 2. The second-order valence-electron chi connectivity index (χ2n) is 9.15. The molecule has 3 amide bonds. The third-order valence-corrected chi connectivity index (χ3v) is 6.53. The SMILES string of the molecule is C/N=C\C(C)=C/CNC(=O)/N=C(/Nc1cc(C)c(N=S(C)(C)=O)cc1Cl)N(Cc1cc(Cl)ccc1C)C(C)=O. The largest absolute Gasteiger partial charge is 0.344 e. The van der Waals surface area contributed by atoms with Crippen LogP contribution in [0.3, 0.4) is 0 Å². The van der Waals surface area contributed by atoms with Crippen molar-refractivity contribution in [1.29, 1.82) is 0 Å². The molecule has 0 aliphatic heterocycles. The Balaban J connectivity index is 2.53. The van der Waals surface area contributed by atoms with Gasteiger partial charge in [0.2, 0.25) is 11.9 Å². The van der Waals surface area contributed by atoms with E-state index < -0.39 is 15.8 Å². The fourth-order valence-electron chi connectivity index (χ4n) is 3.39. The van der Waals surface area contributed by atoms with Crippen LogP contribution in [-0.2, 0) is 21.1 Å². The minimum absolute atomic E-state index is 0.0315. The van der Waals surface area contributed by atoms with E-state index in [0.29, 0.717) is 22.0 Å². The fraction of sp³-hybridized carbons (Fsp3) is 0.333. The van der Waals surface area contributed by atoms with Crippen molar-refractivity contribution in [3.8, 4) is 0 Å². The molecule has 9 nitrogen and oxygen atoms in total. The van der Waals surface area contributed by atoms with E-state index in [0.717, 1.165) is 16.7 Å². The quantitative estimate of drug-likeness (QED) is 0.296. The van der Waals surface area contributed by atoms with Crippen molar-refractivity contribution in [2.45, 2.75) is 34.2 Å². The first-order valence-electron chi connectivity index (χ1n) is 11.9. The molecular formula is C27H34Cl2N6O3S. The molecule has 2 aromatic carbocycles. The summed E-state index contributed by atoms with van der Waals surface area (Å²) in [5.74, 6) is -0.393. The molecule has 0 heterocycles. The van der Waals surface area contributed by atoms with E-state index in [1.54, 1.807) is 50.5 Å². The lowest BCUT2D eigenvalue weighted by Gasteiger charge is -2.25. The number of anilines is 1. The van der Waals surface area contributed by atoms with Crippen LogP contribution in [-0.4, -0.2) is 59.3 Å². The maximum Gasteiger partial charge on any atom is 0.344 e. The predicted octanol–water partition coefficient (Wildman–Crippen LogP) is 6.14. The Morgan fingerprint density at radius 1 is 1.08 bits per heavy atom. The Morgan fingerprint density at radius 2 is 1.77 bits per heavy atom. The normalized spacial score (nSPS) is 12.4. The van der Waals surface area contributed by atoms with Gasteiger partial charge in [-0.1, -0.05) is 35.3 Å². The Morgan fingerprint density at radius 3 is 2.38 bits per heavy atom. The second kappa shape index (κ2) is 14.3. The number of carbonyl (C=O) groups excluding carboxylic acids is 2. The Bertz CT molecular complexity index is 1450. The van der Waals surface area contributed by atoms with Gasteiger partial charge in [0.25, 0.3) is 0 Å². The topological polar surface area (TPSA) is 116 Å². The molecule has 0 aromatic heterocycles. The summed E-state index contributed by atoms with van der Waals surface area (Å²) in [4.78, 5) is 35.1. The predicted molar refractivity (Wildman–Crippen MR) is 163 cm³/mol. The molecule has 0 aliphatic rings. The molecule has 0 saturated carbocycles. The molecule has 0 aliphatic carbocycles. The van der Waals surface area contributed by atoms with Gasteiger partial charge in [-0.05, 0) is 67.3 Å². The Kier molecular flexibility index (Phi) is 11.7. The fourth-order valence-corrected chi connectivity index (χ4v) is 4.46. The maximum atomic E-state index is 12.8. The first kappa shape index (κ1) is 32.0. The lowest BCUT2D eigenvalue weighted by atomic mass is 10.1. The number of nitrogens with one attached hydrogen (secondary N) is 2. The molecule has 2 rings (SSSR count). The Hall–Kier alpha value is -3.21. The van der Waals surface area contributed by atoms with Gasteiger partial charge in [0, 0.05) is 54.0 Å². The molecule has 2 aromatic rings. The highest BCUT2D eigenvalue weighted by atomic mass is 35.5. The molecule has 0 fully saturated rings. The van der Waals surface area contributed by atoms with Crippen molar-refractivity contribution in [1.82, 2.24) is 10.2 Å². The van der Waals surface area contributed by atoms with Gasteiger partial charge < -0.3 is 10.6 Å². The van der Waals surface area contributed by atoms with Crippen LogP contribution in [0.15, 0.2) is 56.3 Å². The van der Waals surface area contributed by atoms with Crippen LogP contribution in [0, 0.1) is 13.8 Å². The number of rotatable bonds is 7. The van der Waals surface area contributed by atoms with E-state index in [4.69, 9.17) is 23.2 Å². The van der Waals surface area contributed by atoms with Crippen molar-refractivity contribution in [3.05, 3.63) is 68.7 Å². The van der Waals surface area contributed by atoms with Crippen LogP contribution in [0.4, 0.5) is 16.2 Å². The summed E-state index contributed by atoms with van der Waals surface area (Å²) in [7, 11) is -0.752. The van der Waals surface area contributed by atoms with Crippen molar-refractivity contribution >= 4 is 68.4 Å². The maximum absolute atomic E-state index is 12.8. The number of allylic oxidation sites excluding steroid dienone is 1. The summed E-state index contributed by atoms with van der Waals surface area (Å²) < 4.78 is 16.5. The van der Waals surface area contributed by atoms with E-state index in [9.17, 15) is 13.8 Å². The number of aryl methyl sites for hydroxylation is 2. The number of carbonyl (C=O) groups is 2. The Labute approximate surface area is 240 Å². The number of amides is 3. The van der Waals surface area contributed by atoms with Crippen LogP contribution in [0.1, 0.15) is 30.5 Å². The number of guanidine groups is 1. The van der Waals surface area contributed by atoms with Gasteiger partial charge >= 0.3 is 6.03 Å².